The molecule has 0 aliphatic carbocycles. The first-order valence-corrected chi connectivity index (χ1v) is 7.89. The molecule has 1 saturated heterocycles. The van der Waals surface area contributed by atoms with Crippen molar-refractivity contribution in [3.8, 4) is 5.75 Å². The van der Waals surface area contributed by atoms with Gasteiger partial charge in [0.05, 0.1) is 11.7 Å². The highest BCUT2D eigenvalue weighted by Gasteiger charge is 2.28. The molecule has 0 amide bonds. The average Bonchev–Trinajstić information content (AvgIpc) is 2.46. The number of anilines is 1. The van der Waals surface area contributed by atoms with Gasteiger partial charge in [0.2, 0.25) is 0 Å². The topological polar surface area (TPSA) is 44.7 Å². The molecule has 0 aromatic heterocycles. The second-order valence-corrected chi connectivity index (χ2v) is 6.31. The number of piperidine rings is 1. The van der Waals surface area contributed by atoms with Crippen molar-refractivity contribution >= 4 is 5.69 Å². The number of hydrogen-bond donors (Lipinski definition) is 2. The van der Waals surface area contributed by atoms with Crippen molar-refractivity contribution in [2.45, 2.75) is 44.8 Å². The highest BCUT2D eigenvalue weighted by atomic mass is 16.5. The second-order valence-electron chi connectivity index (χ2n) is 6.31. The van der Waals surface area contributed by atoms with Crippen molar-refractivity contribution in [1.82, 2.24) is 5.32 Å². The van der Waals surface area contributed by atoms with E-state index in [9.17, 15) is 5.11 Å². The lowest BCUT2D eigenvalue weighted by molar-refractivity contribution is 0.00460. The van der Waals surface area contributed by atoms with Gasteiger partial charge in [-0.15, -0.1) is 0 Å². The fraction of sp³-hybridized carbons (Fsp3) is 0.647. The number of aliphatic hydroxyl groups is 1. The van der Waals surface area contributed by atoms with Crippen LogP contribution in [0.4, 0.5) is 5.69 Å². The molecular weight excluding hydrogens is 264 g/mol. The van der Waals surface area contributed by atoms with Crippen LogP contribution in [-0.4, -0.2) is 43.5 Å². The molecule has 2 rings (SSSR count). The molecule has 1 aromatic rings. The summed E-state index contributed by atoms with van der Waals surface area (Å²) in [6.07, 6.45) is 2.71. The number of hydrogen-bond acceptors (Lipinski definition) is 4. The molecule has 4 nitrogen and oxygen atoms in total. The fourth-order valence-corrected chi connectivity index (χ4v) is 2.70. The van der Waals surface area contributed by atoms with Crippen molar-refractivity contribution in [2.75, 3.05) is 31.6 Å². The van der Waals surface area contributed by atoms with E-state index < -0.39 is 5.60 Å². The summed E-state index contributed by atoms with van der Waals surface area (Å²) in [7, 11) is 2.07. The first-order chi connectivity index (χ1) is 9.98. The Hall–Kier alpha value is -1.26. The van der Waals surface area contributed by atoms with Crippen LogP contribution in [-0.2, 0) is 0 Å². The molecule has 0 atom stereocenters. The van der Waals surface area contributed by atoms with Crippen LogP contribution in [0.3, 0.4) is 0 Å². The lowest BCUT2D eigenvalue weighted by Gasteiger charge is -2.34. The molecule has 0 bridgehead atoms. The van der Waals surface area contributed by atoms with Gasteiger partial charge in [-0.25, -0.2) is 0 Å². The molecule has 1 aromatic carbocycles. The lowest BCUT2D eigenvalue weighted by Crippen LogP contribution is -2.43. The number of rotatable bonds is 6. The first kappa shape index (κ1) is 16.1. The highest BCUT2D eigenvalue weighted by Crippen LogP contribution is 2.24. The lowest BCUT2D eigenvalue weighted by atomic mass is 9.89. The van der Waals surface area contributed by atoms with Gasteiger partial charge >= 0.3 is 0 Å². The third-order valence-corrected chi connectivity index (χ3v) is 4.10. The Labute approximate surface area is 128 Å². The number of nitrogens with zero attached hydrogens (tertiary/aromatic N) is 1. The summed E-state index contributed by atoms with van der Waals surface area (Å²) >= 11 is 0. The maximum Gasteiger partial charge on any atom is 0.119 e. The third kappa shape index (κ3) is 4.90. The molecule has 0 spiro atoms. The predicted molar refractivity (Wildman–Crippen MR) is 87.1 cm³/mol. The first-order valence-electron chi connectivity index (χ1n) is 7.89. The summed E-state index contributed by atoms with van der Waals surface area (Å²) in [6, 6.07) is 8.16. The van der Waals surface area contributed by atoms with Gasteiger partial charge in [0.25, 0.3) is 0 Å². The molecule has 0 radical (unpaired) electrons. The van der Waals surface area contributed by atoms with Crippen LogP contribution in [0.2, 0.25) is 0 Å². The van der Waals surface area contributed by atoms with E-state index in [-0.39, 0.29) is 6.10 Å². The molecule has 0 unspecified atom stereocenters. The van der Waals surface area contributed by atoms with Crippen LogP contribution < -0.4 is 15.0 Å². The zero-order valence-electron chi connectivity index (χ0n) is 13.4. The average molecular weight is 292 g/mol. The minimum atomic E-state index is -0.500. The van der Waals surface area contributed by atoms with E-state index in [1.54, 1.807) is 0 Å². The standard InChI is InChI=1S/C17H28N2O2/c1-14(2)21-16-6-4-15(5-7-16)19(3)13-10-17(20)8-11-18-12-9-17/h4-7,14,18,20H,8-13H2,1-3H3. The van der Waals surface area contributed by atoms with Gasteiger partial charge in [0, 0.05) is 19.3 Å². The van der Waals surface area contributed by atoms with E-state index >= 15 is 0 Å². The highest BCUT2D eigenvalue weighted by molar-refractivity contribution is 5.48. The smallest absolute Gasteiger partial charge is 0.119 e. The van der Waals surface area contributed by atoms with Gasteiger partial charge < -0.3 is 20.1 Å². The maximum absolute atomic E-state index is 10.5. The van der Waals surface area contributed by atoms with Gasteiger partial charge in [-0.2, -0.15) is 0 Å². The summed E-state index contributed by atoms with van der Waals surface area (Å²) in [6.45, 7) is 6.75. The van der Waals surface area contributed by atoms with E-state index in [1.165, 1.54) is 0 Å². The summed E-state index contributed by atoms with van der Waals surface area (Å²) < 4.78 is 5.65. The Bertz CT molecular complexity index is 425. The Morgan fingerprint density at radius 1 is 1.24 bits per heavy atom. The van der Waals surface area contributed by atoms with Crippen LogP contribution in [0.15, 0.2) is 24.3 Å². The zero-order chi connectivity index (χ0) is 15.3. The van der Waals surface area contributed by atoms with Gasteiger partial charge in [-0.05, 0) is 70.5 Å². The molecular formula is C17H28N2O2. The van der Waals surface area contributed by atoms with Crippen LogP contribution in [0.25, 0.3) is 0 Å². The van der Waals surface area contributed by atoms with Gasteiger partial charge in [-0.1, -0.05) is 0 Å². The Morgan fingerprint density at radius 2 is 1.86 bits per heavy atom. The van der Waals surface area contributed by atoms with E-state index in [4.69, 9.17) is 4.74 Å². The van der Waals surface area contributed by atoms with Crippen molar-refractivity contribution < 1.29 is 9.84 Å². The SMILES string of the molecule is CC(C)Oc1ccc(N(C)CCC2(O)CCNCC2)cc1. The molecule has 118 valence electrons. The van der Waals surface area contributed by atoms with E-state index in [2.05, 4.69) is 29.4 Å². The predicted octanol–water partition coefficient (Wildman–Crippen LogP) is 2.41. The van der Waals surface area contributed by atoms with Crippen molar-refractivity contribution in [3.63, 3.8) is 0 Å². The van der Waals surface area contributed by atoms with Crippen molar-refractivity contribution in [1.29, 1.82) is 0 Å². The fourth-order valence-electron chi connectivity index (χ4n) is 2.70. The summed E-state index contributed by atoms with van der Waals surface area (Å²) in [4.78, 5) is 2.19. The number of nitrogens with one attached hydrogen (secondary N) is 1. The largest absolute Gasteiger partial charge is 0.491 e. The quantitative estimate of drug-likeness (QED) is 0.845. The molecule has 2 N–H and O–H groups in total. The van der Waals surface area contributed by atoms with E-state index in [0.717, 1.165) is 50.3 Å². The van der Waals surface area contributed by atoms with Crippen molar-refractivity contribution in [2.24, 2.45) is 0 Å². The monoisotopic (exact) mass is 292 g/mol. The molecule has 1 fully saturated rings. The summed E-state index contributed by atoms with van der Waals surface area (Å²) in [5, 5.41) is 13.8. The van der Waals surface area contributed by atoms with E-state index in [0.29, 0.717) is 0 Å². The van der Waals surface area contributed by atoms with Gasteiger partial charge in [-0.3, -0.25) is 0 Å². The molecule has 1 heterocycles. The Balaban J connectivity index is 1.86. The second kappa shape index (κ2) is 7.14. The zero-order valence-corrected chi connectivity index (χ0v) is 13.4. The maximum atomic E-state index is 10.5. The van der Waals surface area contributed by atoms with Crippen molar-refractivity contribution in [3.05, 3.63) is 24.3 Å². The minimum absolute atomic E-state index is 0.197. The van der Waals surface area contributed by atoms with Gasteiger partial charge in [0.1, 0.15) is 5.75 Å². The van der Waals surface area contributed by atoms with Crippen LogP contribution in [0.5, 0.6) is 5.75 Å². The number of ether oxygens (including phenoxy) is 1. The molecule has 1 aliphatic rings. The summed E-state index contributed by atoms with van der Waals surface area (Å²) in [5.74, 6) is 0.902. The normalized spacial score (nSPS) is 17.8. The molecule has 21 heavy (non-hydrogen) atoms. The van der Waals surface area contributed by atoms with Crippen LogP contribution in [0.1, 0.15) is 33.1 Å². The molecule has 0 saturated carbocycles. The summed E-state index contributed by atoms with van der Waals surface area (Å²) in [5.41, 5.74) is 0.656. The molecule has 1 aliphatic heterocycles. The van der Waals surface area contributed by atoms with Gasteiger partial charge in [0.15, 0.2) is 0 Å². The minimum Gasteiger partial charge on any atom is -0.491 e. The third-order valence-electron chi connectivity index (χ3n) is 4.10. The Morgan fingerprint density at radius 3 is 2.43 bits per heavy atom. The molecule has 4 heteroatoms. The van der Waals surface area contributed by atoms with Crippen LogP contribution in [0, 0.1) is 0 Å². The van der Waals surface area contributed by atoms with E-state index in [1.807, 2.05) is 26.0 Å². The number of benzene rings is 1. The Kier molecular flexibility index (Phi) is 5.48. The van der Waals surface area contributed by atoms with Crippen LogP contribution >= 0.6 is 0 Å².